The zero-order valence-corrected chi connectivity index (χ0v) is 19.5. The van der Waals surface area contributed by atoms with Crippen LogP contribution < -0.4 is 10.6 Å². The molecule has 1 unspecified atom stereocenters. The summed E-state index contributed by atoms with van der Waals surface area (Å²) in [6, 6.07) is 15.7. The Bertz CT molecular complexity index is 990. The van der Waals surface area contributed by atoms with Crippen molar-refractivity contribution >= 4 is 18.0 Å². The first kappa shape index (κ1) is 25.2. The Hall–Kier alpha value is -3.39. The van der Waals surface area contributed by atoms with Gasteiger partial charge in [0.1, 0.15) is 6.61 Å². The molecule has 2 aromatic carbocycles. The first-order valence-corrected chi connectivity index (χ1v) is 11.5. The molecule has 3 rings (SSSR count). The van der Waals surface area contributed by atoms with Crippen LogP contribution >= 0.6 is 0 Å². The zero-order valence-electron chi connectivity index (χ0n) is 19.5. The van der Waals surface area contributed by atoms with Crippen molar-refractivity contribution in [1.82, 2.24) is 10.6 Å². The number of nitrogens with one attached hydrogen (secondary N) is 2. The number of hydrogen-bond acceptors (Lipinski definition) is 5. The van der Waals surface area contributed by atoms with Crippen molar-refractivity contribution in [2.45, 2.75) is 57.1 Å². The number of ether oxygens (including phenoxy) is 1. The van der Waals surface area contributed by atoms with Crippen LogP contribution in [0.15, 0.2) is 48.5 Å². The number of carbonyl (C=O) groups is 3. The molecule has 182 valence electrons. The van der Waals surface area contributed by atoms with Gasteiger partial charge in [-0.3, -0.25) is 9.59 Å². The number of carbonyl (C=O) groups excluding carboxylic acids is 2. The lowest BCUT2D eigenvalue weighted by molar-refractivity contribution is -0.142. The van der Waals surface area contributed by atoms with E-state index in [1.165, 1.54) is 6.92 Å². The normalized spacial score (nSPS) is 14.9. The van der Waals surface area contributed by atoms with Crippen molar-refractivity contribution in [2.24, 2.45) is 0 Å². The van der Waals surface area contributed by atoms with Gasteiger partial charge in [-0.05, 0) is 35.6 Å². The summed E-state index contributed by atoms with van der Waals surface area (Å²) in [5, 5.41) is 24.2. The van der Waals surface area contributed by atoms with E-state index in [0.29, 0.717) is 6.42 Å². The summed E-state index contributed by atoms with van der Waals surface area (Å²) in [7, 11) is 0. The summed E-state index contributed by atoms with van der Waals surface area (Å²) in [5.41, 5.74) is 2.98. The first-order valence-electron chi connectivity index (χ1n) is 11.5. The molecule has 1 aliphatic carbocycles. The van der Waals surface area contributed by atoms with Crippen LogP contribution in [0.2, 0.25) is 0 Å². The molecule has 0 fully saturated rings. The lowest BCUT2D eigenvalue weighted by atomic mass is 9.98. The van der Waals surface area contributed by atoms with Gasteiger partial charge >= 0.3 is 12.1 Å². The van der Waals surface area contributed by atoms with Crippen molar-refractivity contribution in [1.29, 1.82) is 0 Å². The number of fused-ring (bicyclic) bond motifs is 3. The minimum absolute atomic E-state index is 0.00118. The van der Waals surface area contributed by atoms with Gasteiger partial charge in [0.2, 0.25) is 5.91 Å². The minimum atomic E-state index is -1.55. The topological polar surface area (TPSA) is 125 Å². The second kappa shape index (κ2) is 11.2. The van der Waals surface area contributed by atoms with Crippen LogP contribution in [0.1, 0.15) is 56.6 Å². The zero-order chi connectivity index (χ0) is 24.7. The Morgan fingerprint density at radius 3 is 2.21 bits per heavy atom. The van der Waals surface area contributed by atoms with E-state index < -0.39 is 30.1 Å². The monoisotopic (exact) mass is 468 g/mol. The molecule has 2 aromatic rings. The molecule has 0 spiro atoms. The number of carboxylic acid groups (broad SMARTS) is 1. The third-order valence-corrected chi connectivity index (χ3v) is 5.93. The van der Waals surface area contributed by atoms with Crippen LogP contribution in [0.3, 0.4) is 0 Å². The number of hydrogen-bond donors (Lipinski definition) is 4. The molecule has 2 amide bonds. The lowest BCUT2D eigenvalue weighted by Gasteiger charge is -2.23. The molecule has 4 N–H and O–H groups in total. The summed E-state index contributed by atoms with van der Waals surface area (Å²) >= 11 is 0. The number of alkyl carbamates (subject to hydrolysis) is 1. The van der Waals surface area contributed by atoms with Gasteiger partial charge in [-0.1, -0.05) is 61.9 Å². The van der Waals surface area contributed by atoms with Crippen LogP contribution in [-0.4, -0.2) is 53.0 Å². The highest BCUT2D eigenvalue weighted by atomic mass is 16.5. The average molecular weight is 469 g/mol. The Kier molecular flexibility index (Phi) is 8.28. The molecule has 0 saturated heterocycles. The van der Waals surface area contributed by atoms with Crippen molar-refractivity contribution in [3.05, 3.63) is 59.7 Å². The third kappa shape index (κ3) is 6.57. The molecule has 8 heteroatoms. The predicted molar refractivity (Wildman–Crippen MR) is 127 cm³/mol. The van der Waals surface area contributed by atoms with Gasteiger partial charge in [0, 0.05) is 24.9 Å². The van der Waals surface area contributed by atoms with Crippen LogP contribution in [-0.2, 0) is 14.3 Å². The Balaban J connectivity index is 1.54. The largest absolute Gasteiger partial charge is 0.481 e. The quantitative estimate of drug-likeness (QED) is 0.400. The van der Waals surface area contributed by atoms with Crippen molar-refractivity contribution < 1.29 is 29.3 Å². The standard InChI is InChI=1S/C26H32N2O6/c1-3-8-17(13-23(29)27-16-26(2,33)14-24(30)31)28-25(32)34-15-22-20-11-6-4-9-18(20)19-10-5-7-12-21(19)22/h4-7,9-12,17,22,33H,3,8,13-16H2,1-2H3,(H,27,29)(H,28,32)(H,30,31)/t17-,26?/m1/s1. The minimum Gasteiger partial charge on any atom is -0.481 e. The third-order valence-electron chi connectivity index (χ3n) is 5.93. The first-order chi connectivity index (χ1) is 16.2. The maximum atomic E-state index is 12.6. The average Bonchev–Trinajstić information content (AvgIpc) is 3.09. The Labute approximate surface area is 199 Å². The summed E-state index contributed by atoms with van der Waals surface area (Å²) in [5.74, 6) is -1.59. The second-order valence-corrected chi connectivity index (χ2v) is 9.00. The van der Waals surface area contributed by atoms with E-state index in [4.69, 9.17) is 9.84 Å². The fourth-order valence-electron chi connectivity index (χ4n) is 4.35. The molecule has 1 aliphatic rings. The molecular formula is C26H32N2O6. The molecule has 0 bridgehead atoms. The Morgan fingerprint density at radius 1 is 1.06 bits per heavy atom. The number of rotatable bonds is 11. The van der Waals surface area contributed by atoms with Gasteiger partial charge in [0.05, 0.1) is 12.0 Å². The van der Waals surface area contributed by atoms with Crippen LogP contribution in [0.25, 0.3) is 11.1 Å². The van der Waals surface area contributed by atoms with Crippen molar-refractivity contribution in [3.63, 3.8) is 0 Å². The van der Waals surface area contributed by atoms with Crippen LogP contribution in [0, 0.1) is 0 Å². The molecule has 2 atom stereocenters. The molecule has 8 nitrogen and oxygen atoms in total. The van der Waals surface area contributed by atoms with Gasteiger partial charge in [0.25, 0.3) is 0 Å². The van der Waals surface area contributed by atoms with Crippen molar-refractivity contribution in [3.8, 4) is 11.1 Å². The predicted octanol–water partition coefficient (Wildman–Crippen LogP) is 3.43. The van der Waals surface area contributed by atoms with Gasteiger partial charge in [-0.2, -0.15) is 0 Å². The molecular weight excluding hydrogens is 436 g/mol. The highest BCUT2D eigenvalue weighted by Gasteiger charge is 2.29. The Morgan fingerprint density at radius 2 is 1.65 bits per heavy atom. The number of carboxylic acids is 1. The van der Waals surface area contributed by atoms with E-state index >= 15 is 0 Å². The van der Waals surface area contributed by atoms with E-state index in [2.05, 4.69) is 22.8 Å². The molecule has 34 heavy (non-hydrogen) atoms. The van der Waals surface area contributed by atoms with Gasteiger partial charge < -0.3 is 25.6 Å². The van der Waals surface area contributed by atoms with Crippen molar-refractivity contribution in [2.75, 3.05) is 13.2 Å². The summed E-state index contributed by atoms with van der Waals surface area (Å²) in [6.07, 6.45) is 0.248. The summed E-state index contributed by atoms with van der Waals surface area (Å²) in [6.45, 7) is 3.28. The fraction of sp³-hybridized carbons (Fsp3) is 0.423. The van der Waals surface area contributed by atoms with Gasteiger partial charge in [0.15, 0.2) is 0 Å². The summed E-state index contributed by atoms with van der Waals surface area (Å²) in [4.78, 5) is 35.7. The van der Waals surface area contributed by atoms with E-state index in [-0.39, 0.29) is 31.4 Å². The summed E-state index contributed by atoms with van der Waals surface area (Å²) < 4.78 is 5.57. The maximum absolute atomic E-state index is 12.6. The SMILES string of the molecule is CCC[C@H](CC(=O)NCC(C)(O)CC(=O)O)NC(=O)OCC1c2ccccc2-c2ccccc21. The van der Waals surface area contributed by atoms with Crippen LogP contribution in [0.4, 0.5) is 4.79 Å². The lowest BCUT2D eigenvalue weighted by Crippen LogP contribution is -2.45. The molecule has 0 aromatic heterocycles. The van der Waals surface area contributed by atoms with Crippen LogP contribution in [0.5, 0.6) is 0 Å². The number of benzene rings is 2. The smallest absolute Gasteiger partial charge is 0.407 e. The molecule has 0 saturated carbocycles. The second-order valence-electron chi connectivity index (χ2n) is 9.00. The molecule has 0 heterocycles. The van der Waals surface area contributed by atoms with E-state index in [9.17, 15) is 19.5 Å². The van der Waals surface area contributed by atoms with E-state index in [1.54, 1.807) is 0 Å². The van der Waals surface area contributed by atoms with E-state index in [1.807, 2.05) is 43.3 Å². The number of aliphatic carboxylic acids is 1. The fourth-order valence-corrected chi connectivity index (χ4v) is 4.35. The number of aliphatic hydroxyl groups is 1. The van der Waals surface area contributed by atoms with E-state index in [0.717, 1.165) is 28.7 Å². The highest BCUT2D eigenvalue weighted by Crippen LogP contribution is 2.44. The number of amides is 2. The van der Waals surface area contributed by atoms with Gasteiger partial charge in [-0.15, -0.1) is 0 Å². The highest BCUT2D eigenvalue weighted by molar-refractivity contribution is 5.79. The maximum Gasteiger partial charge on any atom is 0.407 e. The van der Waals surface area contributed by atoms with Gasteiger partial charge in [-0.25, -0.2) is 4.79 Å². The molecule has 0 radical (unpaired) electrons. The molecule has 0 aliphatic heterocycles.